The molecule has 0 bridgehead atoms. The average molecular weight is 194 g/mol. The summed E-state index contributed by atoms with van der Waals surface area (Å²) in [6.45, 7) is 0.231. The van der Waals surface area contributed by atoms with Crippen molar-refractivity contribution in [2.75, 3.05) is 7.11 Å². The summed E-state index contributed by atoms with van der Waals surface area (Å²) in [6.07, 6.45) is 5.46. The molecular weight excluding hydrogens is 180 g/mol. The van der Waals surface area contributed by atoms with E-state index in [1.54, 1.807) is 10.9 Å². The fraction of sp³-hybridized carbons (Fsp3) is 0.600. The largest absolute Gasteiger partial charge is 0.468 e. The number of carbonyl (C=O) groups excluding carboxylic acids is 1. The van der Waals surface area contributed by atoms with Crippen LogP contribution in [0.4, 0.5) is 0 Å². The summed E-state index contributed by atoms with van der Waals surface area (Å²) in [7, 11) is 1.40. The van der Waals surface area contributed by atoms with Gasteiger partial charge in [0.15, 0.2) is 0 Å². The lowest BCUT2D eigenvalue weighted by molar-refractivity contribution is -0.141. The van der Waals surface area contributed by atoms with Crippen molar-refractivity contribution in [3.63, 3.8) is 0 Å². The molecule has 0 saturated heterocycles. The highest BCUT2D eigenvalue weighted by Crippen LogP contribution is 2.35. The summed E-state index contributed by atoms with van der Waals surface area (Å²) in [5.74, 6) is 0.358. The van der Waals surface area contributed by atoms with Gasteiger partial charge in [0.25, 0.3) is 0 Å². The van der Waals surface area contributed by atoms with Crippen LogP contribution in [0.1, 0.15) is 30.9 Å². The maximum absolute atomic E-state index is 11.1. The molecule has 0 amide bonds. The predicted molar refractivity (Wildman–Crippen MR) is 50.8 cm³/mol. The Hall–Kier alpha value is -1.32. The molecule has 0 aromatic carbocycles. The highest BCUT2D eigenvalue weighted by Gasteiger charge is 2.23. The van der Waals surface area contributed by atoms with Crippen molar-refractivity contribution in [1.29, 1.82) is 0 Å². The fourth-order valence-corrected chi connectivity index (χ4v) is 1.71. The SMILES string of the molecule is COC(=O)Cn1nccc1C1CCC1. The van der Waals surface area contributed by atoms with Gasteiger partial charge < -0.3 is 4.74 Å². The van der Waals surface area contributed by atoms with E-state index in [9.17, 15) is 4.79 Å². The maximum atomic E-state index is 11.1. The second kappa shape index (κ2) is 3.82. The van der Waals surface area contributed by atoms with E-state index >= 15 is 0 Å². The van der Waals surface area contributed by atoms with Crippen LogP contribution in [0.25, 0.3) is 0 Å². The van der Waals surface area contributed by atoms with E-state index in [1.165, 1.54) is 32.1 Å². The Kier molecular flexibility index (Phi) is 2.52. The van der Waals surface area contributed by atoms with Gasteiger partial charge in [-0.15, -0.1) is 0 Å². The van der Waals surface area contributed by atoms with Gasteiger partial charge in [-0.25, -0.2) is 0 Å². The van der Waals surface area contributed by atoms with Crippen molar-refractivity contribution >= 4 is 5.97 Å². The van der Waals surface area contributed by atoms with Crippen LogP contribution in [0.5, 0.6) is 0 Å². The zero-order valence-corrected chi connectivity index (χ0v) is 8.27. The molecule has 1 aromatic heterocycles. The van der Waals surface area contributed by atoms with E-state index in [2.05, 4.69) is 9.84 Å². The lowest BCUT2D eigenvalue weighted by Gasteiger charge is -2.25. The van der Waals surface area contributed by atoms with Gasteiger partial charge in [0, 0.05) is 17.8 Å². The number of methoxy groups -OCH3 is 1. The molecule has 76 valence electrons. The summed E-state index contributed by atoms with van der Waals surface area (Å²) in [6, 6.07) is 1.99. The van der Waals surface area contributed by atoms with Crippen molar-refractivity contribution in [3.05, 3.63) is 18.0 Å². The van der Waals surface area contributed by atoms with Crippen LogP contribution in [0.2, 0.25) is 0 Å². The number of hydrogen-bond acceptors (Lipinski definition) is 3. The molecule has 0 radical (unpaired) electrons. The number of aromatic nitrogens is 2. The number of hydrogen-bond donors (Lipinski definition) is 0. The van der Waals surface area contributed by atoms with Crippen molar-refractivity contribution in [2.24, 2.45) is 0 Å². The Labute approximate surface area is 82.9 Å². The van der Waals surface area contributed by atoms with Crippen LogP contribution in [0.3, 0.4) is 0 Å². The van der Waals surface area contributed by atoms with E-state index in [4.69, 9.17) is 0 Å². The quantitative estimate of drug-likeness (QED) is 0.682. The van der Waals surface area contributed by atoms with E-state index in [0.29, 0.717) is 5.92 Å². The van der Waals surface area contributed by atoms with Crippen molar-refractivity contribution in [3.8, 4) is 0 Å². The maximum Gasteiger partial charge on any atom is 0.327 e. The number of esters is 1. The van der Waals surface area contributed by atoms with E-state index in [0.717, 1.165) is 0 Å². The first-order valence-electron chi connectivity index (χ1n) is 4.90. The number of nitrogens with zero attached hydrogens (tertiary/aromatic N) is 2. The predicted octanol–water partition coefficient (Wildman–Crippen LogP) is 1.32. The first-order chi connectivity index (χ1) is 6.81. The smallest absolute Gasteiger partial charge is 0.327 e. The molecule has 0 N–H and O–H groups in total. The summed E-state index contributed by atoms with van der Waals surface area (Å²) < 4.78 is 6.36. The normalized spacial score (nSPS) is 16.4. The molecule has 4 nitrogen and oxygen atoms in total. The van der Waals surface area contributed by atoms with Crippen LogP contribution in [0.15, 0.2) is 12.3 Å². The van der Waals surface area contributed by atoms with E-state index in [1.807, 2.05) is 6.07 Å². The summed E-state index contributed by atoms with van der Waals surface area (Å²) >= 11 is 0. The van der Waals surface area contributed by atoms with Gasteiger partial charge >= 0.3 is 5.97 Å². The minimum absolute atomic E-state index is 0.231. The van der Waals surface area contributed by atoms with Gasteiger partial charge in [0.1, 0.15) is 6.54 Å². The monoisotopic (exact) mass is 194 g/mol. The van der Waals surface area contributed by atoms with Crippen LogP contribution in [-0.4, -0.2) is 22.9 Å². The third-order valence-corrected chi connectivity index (χ3v) is 2.78. The Bertz CT molecular complexity index is 329. The van der Waals surface area contributed by atoms with Crippen molar-refractivity contribution < 1.29 is 9.53 Å². The van der Waals surface area contributed by atoms with Gasteiger partial charge in [-0.2, -0.15) is 5.10 Å². The van der Waals surface area contributed by atoms with E-state index < -0.39 is 0 Å². The van der Waals surface area contributed by atoms with Crippen molar-refractivity contribution in [2.45, 2.75) is 31.7 Å². The number of rotatable bonds is 3. The van der Waals surface area contributed by atoms with Gasteiger partial charge in [-0.3, -0.25) is 9.48 Å². The van der Waals surface area contributed by atoms with Gasteiger partial charge in [-0.05, 0) is 18.9 Å². The topological polar surface area (TPSA) is 44.1 Å². The number of carbonyl (C=O) groups is 1. The molecule has 0 atom stereocenters. The van der Waals surface area contributed by atoms with Crippen LogP contribution in [-0.2, 0) is 16.1 Å². The molecule has 0 aliphatic heterocycles. The molecule has 0 spiro atoms. The Morgan fingerprint density at radius 3 is 3.07 bits per heavy atom. The third kappa shape index (κ3) is 1.64. The molecule has 1 aliphatic carbocycles. The van der Waals surface area contributed by atoms with Crippen LogP contribution in [0, 0.1) is 0 Å². The van der Waals surface area contributed by atoms with Gasteiger partial charge in [0.05, 0.1) is 7.11 Å². The molecule has 0 unspecified atom stereocenters. The Morgan fingerprint density at radius 2 is 2.50 bits per heavy atom. The molecule has 1 heterocycles. The summed E-state index contributed by atoms with van der Waals surface area (Å²) in [4.78, 5) is 11.1. The second-order valence-corrected chi connectivity index (χ2v) is 3.62. The average Bonchev–Trinajstić information content (AvgIpc) is 2.50. The molecular formula is C10H14N2O2. The molecule has 4 heteroatoms. The highest BCUT2D eigenvalue weighted by molar-refractivity contribution is 5.68. The third-order valence-electron chi connectivity index (χ3n) is 2.78. The van der Waals surface area contributed by atoms with Crippen molar-refractivity contribution in [1.82, 2.24) is 9.78 Å². The molecule has 1 saturated carbocycles. The second-order valence-electron chi connectivity index (χ2n) is 3.62. The minimum Gasteiger partial charge on any atom is -0.468 e. The molecule has 14 heavy (non-hydrogen) atoms. The molecule has 1 aliphatic rings. The van der Waals surface area contributed by atoms with Crippen LogP contribution < -0.4 is 0 Å². The Balaban J connectivity index is 2.08. The zero-order valence-electron chi connectivity index (χ0n) is 8.27. The van der Waals surface area contributed by atoms with Gasteiger partial charge in [0.2, 0.25) is 0 Å². The summed E-state index contributed by atoms with van der Waals surface area (Å²) in [5.41, 5.74) is 1.17. The number of ether oxygens (including phenoxy) is 1. The lowest BCUT2D eigenvalue weighted by Crippen LogP contribution is -2.19. The Morgan fingerprint density at radius 1 is 1.71 bits per heavy atom. The first-order valence-corrected chi connectivity index (χ1v) is 4.90. The van der Waals surface area contributed by atoms with E-state index in [-0.39, 0.29) is 12.5 Å². The fourth-order valence-electron chi connectivity index (χ4n) is 1.71. The lowest BCUT2D eigenvalue weighted by atomic mass is 9.83. The summed E-state index contributed by atoms with van der Waals surface area (Å²) in [5, 5.41) is 4.12. The van der Waals surface area contributed by atoms with Crippen LogP contribution >= 0.6 is 0 Å². The minimum atomic E-state index is -0.241. The molecule has 2 rings (SSSR count). The van der Waals surface area contributed by atoms with Gasteiger partial charge in [-0.1, -0.05) is 6.42 Å². The first kappa shape index (κ1) is 9.24. The standard InChI is InChI=1S/C10H14N2O2/c1-14-10(13)7-12-9(5-6-11-12)8-3-2-4-8/h5-6,8H,2-4,7H2,1H3. The molecule has 1 fully saturated rings. The molecule has 1 aromatic rings. The zero-order chi connectivity index (χ0) is 9.97. The highest BCUT2D eigenvalue weighted by atomic mass is 16.5.